The fourth-order valence-corrected chi connectivity index (χ4v) is 3.51. The summed E-state index contributed by atoms with van der Waals surface area (Å²) in [6, 6.07) is 8.71. The highest BCUT2D eigenvalue weighted by Crippen LogP contribution is 2.41. The SMILES string of the molecule is CCn1c(C)cc2c(c1=O)C(c1cccc(Cl)c1)C(C(=O)OC)=C(N)O2. The number of rotatable bonds is 3. The predicted molar refractivity (Wildman–Crippen MR) is 98.3 cm³/mol. The van der Waals surface area contributed by atoms with Crippen molar-refractivity contribution in [1.82, 2.24) is 4.57 Å². The van der Waals surface area contributed by atoms with Crippen LogP contribution in [0, 0.1) is 6.92 Å². The largest absolute Gasteiger partial charge is 0.465 e. The molecular weight excluding hydrogens is 356 g/mol. The first-order valence-corrected chi connectivity index (χ1v) is 8.52. The van der Waals surface area contributed by atoms with Gasteiger partial charge in [-0.1, -0.05) is 23.7 Å². The highest BCUT2D eigenvalue weighted by molar-refractivity contribution is 6.30. The lowest BCUT2D eigenvalue weighted by Crippen LogP contribution is -2.34. The molecule has 1 atom stereocenters. The Morgan fingerprint density at radius 2 is 2.12 bits per heavy atom. The maximum Gasteiger partial charge on any atom is 0.340 e. The first-order valence-electron chi connectivity index (χ1n) is 8.14. The zero-order valence-electron chi connectivity index (χ0n) is 14.7. The number of benzene rings is 1. The number of esters is 1. The molecule has 136 valence electrons. The van der Waals surface area contributed by atoms with E-state index in [1.54, 1.807) is 34.9 Å². The number of aromatic nitrogens is 1. The molecule has 0 spiro atoms. The summed E-state index contributed by atoms with van der Waals surface area (Å²) in [5.74, 6) is -1.12. The second-order valence-electron chi connectivity index (χ2n) is 5.97. The van der Waals surface area contributed by atoms with E-state index in [1.807, 2.05) is 13.8 Å². The molecule has 2 N–H and O–H groups in total. The van der Waals surface area contributed by atoms with Gasteiger partial charge in [0, 0.05) is 23.3 Å². The van der Waals surface area contributed by atoms with E-state index < -0.39 is 11.9 Å². The quantitative estimate of drug-likeness (QED) is 0.835. The average molecular weight is 375 g/mol. The maximum atomic E-state index is 13.1. The fourth-order valence-electron chi connectivity index (χ4n) is 3.31. The van der Waals surface area contributed by atoms with E-state index in [4.69, 9.17) is 26.8 Å². The minimum absolute atomic E-state index is 0.0811. The molecule has 0 saturated heterocycles. The Bertz CT molecular complexity index is 978. The number of methoxy groups -OCH3 is 1. The number of ether oxygens (including phenoxy) is 2. The third-order valence-corrected chi connectivity index (χ3v) is 4.71. The van der Waals surface area contributed by atoms with Gasteiger partial charge in [-0.3, -0.25) is 4.79 Å². The van der Waals surface area contributed by atoms with Crippen LogP contribution in [0.3, 0.4) is 0 Å². The molecule has 0 fully saturated rings. The van der Waals surface area contributed by atoms with Crippen molar-refractivity contribution >= 4 is 17.6 Å². The van der Waals surface area contributed by atoms with E-state index in [1.165, 1.54) is 7.11 Å². The normalized spacial score (nSPS) is 16.1. The van der Waals surface area contributed by atoms with Crippen LogP contribution in [0.5, 0.6) is 5.75 Å². The molecule has 7 heteroatoms. The molecule has 26 heavy (non-hydrogen) atoms. The molecule has 1 aromatic heterocycles. The summed E-state index contributed by atoms with van der Waals surface area (Å²) in [4.78, 5) is 25.5. The molecule has 2 aromatic rings. The highest BCUT2D eigenvalue weighted by atomic mass is 35.5. The number of fused-ring (bicyclic) bond motifs is 1. The van der Waals surface area contributed by atoms with E-state index in [9.17, 15) is 9.59 Å². The van der Waals surface area contributed by atoms with E-state index in [-0.39, 0.29) is 17.0 Å². The van der Waals surface area contributed by atoms with E-state index in [0.29, 0.717) is 28.4 Å². The molecule has 0 saturated carbocycles. The van der Waals surface area contributed by atoms with Gasteiger partial charge in [-0.2, -0.15) is 0 Å². The zero-order valence-corrected chi connectivity index (χ0v) is 15.5. The average Bonchev–Trinajstić information content (AvgIpc) is 2.60. The number of aryl methyl sites for hydroxylation is 1. The van der Waals surface area contributed by atoms with Gasteiger partial charge < -0.3 is 19.8 Å². The molecular formula is C19H19ClN2O4. The Balaban J connectivity index is 2.36. The highest BCUT2D eigenvalue weighted by Gasteiger charge is 2.38. The number of nitrogens with two attached hydrogens (primary N) is 1. The van der Waals surface area contributed by atoms with Gasteiger partial charge in [-0.05, 0) is 31.5 Å². The molecule has 1 aliphatic rings. The monoisotopic (exact) mass is 374 g/mol. The van der Waals surface area contributed by atoms with Crippen molar-refractivity contribution < 1.29 is 14.3 Å². The molecule has 1 unspecified atom stereocenters. The summed E-state index contributed by atoms with van der Waals surface area (Å²) in [5.41, 5.74) is 7.62. The lowest BCUT2D eigenvalue weighted by atomic mass is 9.83. The topological polar surface area (TPSA) is 83.5 Å². The lowest BCUT2D eigenvalue weighted by molar-refractivity contribution is -0.136. The standard InChI is InChI=1S/C19H19ClN2O4/c1-4-22-10(2)8-13-15(18(22)23)14(11-6-5-7-12(20)9-11)16(17(21)26-13)19(24)25-3/h5-9,14H,4,21H2,1-3H3. The van der Waals surface area contributed by atoms with Gasteiger partial charge >= 0.3 is 5.97 Å². The summed E-state index contributed by atoms with van der Waals surface area (Å²) in [6.07, 6.45) is 0. The van der Waals surface area contributed by atoms with Gasteiger partial charge in [0.2, 0.25) is 5.88 Å². The summed E-state index contributed by atoms with van der Waals surface area (Å²) >= 11 is 6.13. The second kappa shape index (κ2) is 6.88. The van der Waals surface area contributed by atoms with Crippen LogP contribution in [0.2, 0.25) is 5.02 Å². The number of carbonyl (C=O) groups excluding carboxylic acids is 1. The van der Waals surface area contributed by atoms with Crippen LogP contribution in [-0.4, -0.2) is 17.6 Å². The van der Waals surface area contributed by atoms with Crippen molar-refractivity contribution in [3.63, 3.8) is 0 Å². The van der Waals surface area contributed by atoms with Crippen molar-refractivity contribution in [3.05, 3.63) is 74.0 Å². The molecule has 2 heterocycles. The number of hydrogen-bond acceptors (Lipinski definition) is 5. The van der Waals surface area contributed by atoms with Crippen molar-refractivity contribution in [1.29, 1.82) is 0 Å². The summed E-state index contributed by atoms with van der Waals surface area (Å²) < 4.78 is 12.1. The van der Waals surface area contributed by atoms with Crippen LogP contribution < -0.4 is 16.0 Å². The molecule has 0 bridgehead atoms. The Hall–Kier alpha value is -2.73. The van der Waals surface area contributed by atoms with Gasteiger partial charge in [0.25, 0.3) is 5.56 Å². The zero-order chi connectivity index (χ0) is 19.0. The third-order valence-electron chi connectivity index (χ3n) is 4.47. The second-order valence-corrected chi connectivity index (χ2v) is 6.41. The van der Waals surface area contributed by atoms with E-state index in [2.05, 4.69) is 0 Å². The van der Waals surface area contributed by atoms with Crippen molar-refractivity contribution in [2.24, 2.45) is 5.73 Å². The summed E-state index contributed by atoms with van der Waals surface area (Å²) in [6.45, 7) is 4.19. The number of halogens is 1. The van der Waals surface area contributed by atoms with Crippen LogP contribution >= 0.6 is 11.6 Å². The molecule has 1 aliphatic heterocycles. The fraction of sp³-hybridized carbons (Fsp3) is 0.263. The van der Waals surface area contributed by atoms with Crippen LogP contribution in [0.1, 0.15) is 29.7 Å². The van der Waals surface area contributed by atoms with Crippen molar-refractivity contribution in [2.45, 2.75) is 26.3 Å². The van der Waals surface area contributed by atoms with E-state index in [0.717, 1.165) is 5.69 Å². The van der Waals surface area contributed by atoms with Crippen molar-refractivity contribution in [2.75, 3.05) is 7.11 Å². The number of pyridine rings is 1. The molecule has 0 amide bonds. The van der Waals surface area contributed by atoms with Gasteiger partial charge in [-0.25, -0.2) is 4.79 Å². The molecule has 3 rings (SSSR count). The Morgan fingerprint density at radius 3 is 2.73 bits per heavy atom. The summed E-state index contributed by atoms with van der Waals surface area (Å²) in [5, 5.41) is 0.487. The van der Waals surface area contributed by atoms with Gasteiger partial charge in [0.05, 0.1) is 18.6 Å². The molecule has 0 radical (unpaired) electrons. The van der Waals surface area contributed by atoms with Gasteiger partial charge in [0.1, 0.15) is 11.3 Å². The Labute approximate surface area is 155 Å². The Kier molecular flexibility index (Phi) is 4.78. The lowest BCUT2D eigenvalue weighted by Gasteiger charge is -2.28. The van der Waals surface area contributed by atoms with Crippen molar-refractivity contribution in [3.8, 4) is 5.75 Å². The third kappa shape index (κ3) is 2.86. The first-order chi connectivity index (χ1) is 12.4. The minimum Gasteiger partial charge on any atom is -0.465 e. The first kappa shape index (κ1) is 18.1. The molecule has 0 aliphatic carbocycles. The molecule has 6 nitrogen and oxygen atoms in total. The molecule has 1 aromatic carbocycles. The van der Waals surface area contributed by atoms with Gasteiger partial charge in [0.15, 0.2) is 0 Å². The maximum absolute atomic E-state index is 13.1. The number of nitrogens with zero attached hydrogens (tertiary/aromatic N) is 1. The number of carbonyl (C=O) groups is 1. The van der Waals surface area contributed by atoms with Crippen LogP contribution in [0.25, 0.3) is 0 Å². The summed E-state index contributed by atoms with van der Waals surface area (Å²) in [7, 11) is 1.26. The van der Waals surface area contributed by atoms with Gasteiger partial charge in [-0.15, -0.1) is 0 Å². The Morgan fingerprint density at radius 1 is 1.38 bits per heavy atom. The minimum atomic E-state index is -0.726. The van der Waals surface area contributed by atoms with Crippen LogP contribution in [0.15, 0.2) is 46.6 Å². The predicted octanol–water partition coefficient (Wildman–Crippen LogP) is 2.70. The number of hydrogen-bond donors (Lipinski definition) is 1. The smallest absolute Gasteiger partial charge is 0.340 e. The van der Waals surface area contributed by atoms with Crippen LogP contribution in [-0.2, 0) is 16.1 Å². The van der Waals surface area contributed by atoms with Crippen LogP contribution in [0.4, 0.5) is 0 Å². The van der Waals surface area contributed by atoms with E-state index >= 15 is 0 Å².